The van der Waals surface area contributed by atoms with Gasteiger partial charge in [-0.15, -0.1) is 0 Å². The third-order valence-corrected chi connectivity index (χ3v) is 4.90. The number of aliphatic hydroxyl groups excluding tert-OH is 1. The van der Waals surface area contributed by atoms with Crippen molar-refractivity contribution in [2.75, 3.05) is 0 Å². The van der Waals surface area contributed by atoms with Crippen molar-refractivity contribution in [2.45, 2.75) is 38.9 Å². The van der Waals surface area contributed by atoms with E-state index in [1.54, 1.807) is 6.92 Å². The molecule has 0 bridgehead atoms. The number of carbonyl (C=O) groups excluding carboxylic acids is 2. The van der Waals surface area contributed by atoms with Gasteiger partial charge in [-0.2, -0.15) is 0 Å². The fourth-order valence-corrected chi connectivity index (χ4v) is 3.80. The van der Waals surface area contributed by atoms with Gasteiger partial charge < -0.3 is 9.84 Å². The molecule has 0 aromatic rings. The molecule has 1 aliphatic heterocycles. The van der Waals surface area contributed by atoms with Crippen molar-refractivity contribution in [3.8, 4) is 0 Å². The lowest BCUT2D eigenvalue weighted by Gasteiger charge is -2.22. The molecule has 1 saturated heterocycles. The van der Waals surface area contributed by atoms with Gasteiger partial charge in [-0.3, -0.25) is 4.79 Å². The molecule has 3 rings (SSSR count). The van der Waals surface area contributed by atoms with E-state index in [1.165, 1.54) is 0 Å². The van der Waals surface area contributed by atoms with Crippen LogP contribution in [0.25, 0.3) is 0 Å². The van der Waals surface area contributed by atoms with E-state index in [1.807, 2.05) is 6.92 Å². The van der Waals surface area contributed by atoms with Crippen LogP contribution < -0.4 is 0 Å². The first-order chi connectivity index (χ1) is 8.91. The fourth-order valence-electron chi connectivity index (χ4n) is 3.80. The number of hydrogen-bond donors (Lipinski definition) is 1. The SMILES string of the molecule is C=C1C(=O)O[C@H]2C3=C(C)C(=O)C[C@H]3[C@@H](C)C[C@@H](O)[C@@H]12. The summed E-state index contributed by atoms with van der Waals surface area (Å²) in [5.74, 6) is -0.396. The molecular formula is C15H18O4. The minimum atomic E-state index is -0.625. The van der Waals surface area contributed by atoms with E-state index in [0.29, 0.717) is 24.0 Å². The maximum Gasteiger partial charge on any atom is 0.334 e. The van der Waals surface area contributed by atoms with Crippen LogP contribution in [0.15, 0.2) is 23.3 Å². The maximum absolute atomic E-state index is 11.9. The van der Waals surface area contributed by atoms with E-state index >= 15 is 0 Å². The highest BCUT2D eigenvalue weighted by Gasteiger charge is 2.52. The summed E-state index contributed by atoms with van der Waals surface area (Å²) >= 11 is 0. The van der Waals surface area contributed by atoms with Gasteiger partial charge >= 0.3 is 5.97 Å². The average molecular weight is 262 g/mol. The first kappa shape index (κ1) is 12.6. The Morgan fingerprint density at radius 3 is 2.74 bits per heavy atom. The van der Waals surface area contributed by atoms with Crippen molar-refractivity contribution in [1.29, 1.82) is 0 Å². The van der Waals surface area contributed by atoms with E-state index < -0.39 is 24.1 Å². The Bertz CT molecular complexity index is 516. The monoisotopic (exact) mass is 262 g/mol. The molecule has 102 valence electrons. The second kappa shape index (κ2) is 4.04. The van der Waals surface area contributed by atoms with E-state index in [9.17, 15) is 14.7 Å². The van der Waals surface area contributed by atoms with E-state index in [0.717, 1.165) is 5.57 Å². The van der Waals surface area contributed by atoms with Crippen LogP contribution in [0, 0.1) is 17.8 Å². The molecule has 1 heterocycles. The molecule has 4 heteroatoms. The van der Waals surface area contributed by atoms with Crippen LogP contribution in [0.1, 0.15) is 26.7 Å². The third kappa shape index (κ3) is 1.62. The molecule has 0 aromatic carbocycles. The number of aliphatic hydroxyl groups is 1. The summed E-state index contributed by atoms with van der Waals surface area (Å²) in [5, 5.41) is 10.3. The van der Waals surface area contributed by atoms with Gasteiger partial charge in [0.15, 0.2) is 5.78 Å². The number of rotatable bonds is 0. The second-order valence-electron chi connectivity index (χ2n) is 5.97. The summed E-state index contributed by atoms with van der Waals surface area (Å²) in [6.07, 6.45) is -0.0650. The molecule has 1 N–H and O–H groups in total. The number of allylic oxidation sites excluding steroid dienone is 1. The predicted molar refractivity (Wildman–Crippen MR) is 68.1 cm³/mol. The van der Waals surface area contributed by atoms with Crippen LogP contribution in [0.2, 0.25) is 0 Å². The number of fused-ring (bicyclic) bond motifs is 3. The molecule has 0 aromatic heterocycles. The van der Waals surface area contributed by atoms with Crippen LogP contribution in [0.3, 0.4) is 0 Å². The zero-order valence-corrected chi connectivity index (χ0v) is 11.2. The summed E-state index contributed by atoms with van der Waals surface area (Å²) < 4.78 is 5.40. The molecule has 19 heavy (non-hydrogen) atoms. The Balaban J connectivity index is 2.12. The highest BCUT2D eigenvalue weighted by Crippen LogP contribution is 2.49. The van der Waals surface area contributed by atoms with Crippen molar-refractivity contribution in [3.63, 3.8) is 0 Å². The molecule has 2 aliphatic carbocycles. The lowest BCUT2D eigenvalue weighted by Crippen LogP contribution is -2.29. The molecule has 4 nitrogen and oxygen atoms in total. The lowest BCUT2D eigenvalue weighted by atomic mass is 9.85. The highest BCUT2D eigenvalue weighted by atomic mass is 16.6. The number of carbonyl (C=O) groups is 2. The molecule has 0 amide bonds. The Morgan fingerprint density at radius 2 is 2.05 bits per heavy atom. The number of ketones is 1. The van der Waals surface area contributed by atoms with Crippen molar-refractivity contribution < 1.29 is 19.4 Å². The second-order valence-corrected chi connectivity index (χ2v) is 5.97. The largest absolute Gasteiger partial charge is 0.454 e. The van der Waals surface area contributed by atoms with Gasteiger partial charge in [-0.1, -0.05) is 13.5 Å². The van der Waals surface area contributed by atoms with Gasteiger partial charge in [0.2, 0.25) is 0 Å². The number of hydrogen-bond acceptors (Lipinski definition) is 4. The van der Waals surface area contributed by atoms with Gasteiger partial charge in [-0.25, -0.2) is 4.79 Å². The predicted octanol–water partition coefficient (Wildman–Crippen LogP) is 1.39. The van der Waals surface area contributed by atoms with Crippen molar-refractivity contribution >= 4 is 11.8 Å². The van der Waals surface area contributed by atoms with Gasteiger partial charge in [0.05, 0.1) is 12.0 Å². The summed E-state index contributed by atoms with van der Waals surface area (Å²) in [5.41, 5.74) is 1.97. The van der Waals surface area contributed by atoms with Gasteiger partial charge in [-0.05, 0) is 36.3 Å². The quantitative estimate of drug-likeness (QED) is 0.529. The summed E-state index contributed by atoms with van der Waals surface area (Å²) in [7, 11) is 0. The van der Waals surface area contributed by atoms with Gasteiger partial charge in [0.1, 0.15) is 6.10 Å². The molecule has 0 unspecified atom stereocenters. The molecule has 1 saturated carbocycles. The van der Waals surface area contributed by atoms with Crippen LogP contribution >= 0.6 is 0 Å². The van der Waals surface area contributed by atoms with Crippen LogP contribution in [0.5, 0.6) is 0 Å². The van der Waals surface area contributed by atoms with Gasteiger partial charge in [0.25, 0.3) is 0 Å². The lowest BCUT2D eigenvalue weighted by molar-refractivity contribution is -0.138. The molecule has 2 fully saturated rings. The van der Waals surface area contributed by atoms with Crippen LogP contribution in [-0.2, 0) is 14.3 Å². The molecule has 5 atom stereocenters. The minimum Gasteiger partial charge on any atom is -0.454 e. The van der Waals surface area contributed by atoms with Crippen molar-refractivity contribution in [1.82, 2.24) is 0 Å². The number of Topliss-reactive ketones (excluding diaryl/α,β-unsaturated/α-hetero) is 1. The normalized spacial score (nSPS) is 42.1. The number of ether oxygens (including phenoxy) is 1. The molecule has 3 aliphatic rings. The average Bonchev–Trinajstić information content (AvgIpc) is 2.75. The minimum absolute atomic E-state index is 0.0934. The van der Waals surface area contributed by atoms with Crippen molar-refractivity contribution in [3.05, 3.63) is 23.3 Å². The summed E-state index contributed by atoms with van der Waals surface area (Å²) in [6.45, 7) is 7.60. The zero-order chi connectivity index (χ0) is 13.9. The number of esters is 1. The topological polar surface area (TPSA) is 63.6 Å². The standard InChI is InChI=1S/C15H18O4/c1-6-4-11(17)13-8(3)15(18)19-14(13)12-7(2)10(16)5-9(6)12/h6,9,11,13-14,17H,3-5H2,1-2H3/t6-,9-,11+,13+,14-/m0/s1. The molecule has 0 radical (unpaired) electrons. The van der Waals surface area contributed by atoms with E-state index in [4.69, 9.17) is 4.74 Å². The Kier molecular flexibility index (Phi) is 2.68. The smallest absolute Gasteiger partial charge is 0.334 e. The first-order valence-electron chi connectivity index (χ1n) is 6.73. The zero-order valence-electron chi connectivity index (χ0n) is 11.2. The first-order valence-corrected chi connectivity index (χ1v) is 6.73. The molecule has 0 spiro atoms. The van der Waals surface area contributed by atoms with E-state index in [-0.39, 0.29) is 17.6 Å². The van der Waals surface area contributed by atoms with Gasteiger partial charge in [0, 0.05) is 12.0 Å². The van der Waals surface area contributed by atoms with Crippen molar-refractivity contribution in [2.24, 2.45) is 17.8 Å². The third-order valence-electron chi connectivity index (χ3n) is 4.90. The van der Waals surface area contributed by atoms with Crippen LogP contribution in [-0.4, -0.2) is 29.1 Å². The van der Waals surface area contributed by atoms with Crippen LogP contribution in [0.4, 0.5) is 0 Å². The molecular weight excluding hydrogens is 244 g/mol. The maximum atomic E-state index is 11.9. The Hall–Kier alpha value is -1.42. The Labute approximate surface area is 112 Å². The van der Waals surface area contributed by atoms with E-state index in [2.05, 4.69) is 6.58 Å². The Morgan fingerprint density at radius 1 is 1.37 bits per heavy atom. The summed E-state index contributed by atoms with van der Waals surface area (Å²) in [6, 6.07) is 0. The highest BCUT2D eigenvalue weighted by molar-refractivity contribution is 6.00. The fraction of sp³-hybridized carbons (Fsp3) is 0.600. The summed E-state index contributed by atoms with van der Waals surface area (Å²) in [4.78, 5) is 23.7.